The van der Waals surface area contributed by atoms with E-state index < -0.39 is 0 Å². The predicted octanol–water partition coefficient (Wildman–Crippen LogP) is 3.75. The van der Waals surface area contributed by atoms with Gasteiger partial charge in [0, 0.05) is 18.0 Å². The van der Waals surface area contributed by atoms with E-state index in [4.69, 9.17) is 4.74 Å². The standard InChI is InChI=1S/C18H20FNO2S/c19-15-3-5-16(6-4-15)22-10-8-14-7-9-20(13-14)18(21)12-17-2-1-11-23-17/h1-6,11,14H,7-10,12-13H2. The lowest BCUT2D eigenvalue weighted by Gasteiger charge is -2.16. The maximum absolute atomic E-state index is 12.8. The van der Waals surface area contributed by atoms with Crippen LogP contribution in [0, 0.1) is 11.7 Å². The summed E-state index contributed by atoms with van der Waals surface area (Å²) in [5, 5.41) is 2.00. The minimum Gasteiger partial charge on any atom is -0.494 e. The fraction of sp³-hybridized carbons (Fsp3) is 0.389. The van der Waals surface area contributed by atoms with Crippen molar-refractivity contribution < 1.29 is 13.9 Å². The van der Waals surface area contributed by atoms with E-state index in [1.807, 2.05) is 22.4 Å². The number of thiophene rings is 1. The highest BCUT2D eigenvalue weighted by Gasteiger charge is 2.26. The van der Waals surface area contributed by atoms with Gasteiger partial charge in [-0.05, 0) is 54.5 Å². The molecule has 0 N–H and O–H groups in total. The van der Waals surface area contributed by atoms with Crippen LogP contribution in [0.1, 0.15) is 17.7 Å². The molecule has 1 aliphatic heterocycles. The third-order valence-corrected chi connectivity index (χ3v) is 5.03. The average molecular weight is 333 g/mol. The second-order valence-corrected chi connectivity index (χ2v) is 6.87. The molecule has 1 atom stereocenters. The Bertz CT molecular complexity index is 627. The maximum atomic E-state index is 12.8. The molecule has 23 heavy (non-hydrogen) atoms. The number of nitrogens with zero attached hydrogens (tertiary/aromatic N) is 1. The molecule has 1 saturated heterocycles. The summed E-state index contributed by atoms with van der Waals surface area (Å²) >= 11 is 1.63. The molecule has 5 heteroatoms. The van der Waals surface area contributed by atoms with Gasteiger partial charge in [-0.15, -0.1) is 11.3 Å². The Balaban J connectivity index is 1.39. The largest absolute Gasteiger partial charge is 0.494 e. The van der Waals surface area contributed by atoms with Gasteiger partial charge < -0.3 is 9.64 Å². The highest BCUT2D eigenvalue weighted by Crippen LogP contribution is 2.22. The Morgan fingerprint density at radius 1 is 1.30 bits per heavy atom. The molecule has 2 heterocycles. The van der Waals surface area contributed by atoms with E-state index >= 15 is 0 Å². The predicted molar refractivity (Wildman–Crippen MR) is 89.2 cm³/mol. The molecule has 3 rings (SSSR count). The van der Waals surface area contributed by atoms with E-state index in [9.17, 15) is 9.18 Å². The van der Waals surface area contributed by atoms with Crippen LogP contribution in [0.4, 0.5) is 4.39 Å². The smallest absolute Gasteiger partial charge is 0.227 e. The van der Waals surface area contributed by atoms with Gasteiger partial charge in [0.25, 0.3) is 0 Å². The van der Waals surface area contributed by atoms with E-state index in [1.165, 1.54) is 12.1 Å². The summed E-state index contributed by atoms with van der Waals surface area (Å²) in [4.78, 5) is 15.3. The Labute approximate surface area is 139 Å². The van der Waals surface area contributed by atoms with Crippen molar-refractivity contribution in [3.63, 3.8) is 0 Å². The van der Waals surface area contributed by atoms with Gasteiger partial charge in [-0.3, -0.25) is 4.79 Å². The second kappa shape index (κ2) is 7.59. The number of benzene rings is 1. The van der Waals surface area contributed by atoms with Crippen molar-refractivity contribution in [2.24, 2.45) is 5.92 Å². The van der Waals surface area contributed by atoms with Gasteiger partial charge >= 0.3 is 0 Å². The summed E-state index contributed by atoms with van der Waals surface area (Å²) in [5.41, 5.74) is 0. The van der Waals surface area contributed by atoms with Crippen molar-refractivity contribution in [1.29, 1.82) is 0 Å². The van der Waals surface area contributed by atoms with Crippen molar-refractivity contribution in [3.8, 4) is 5.75 Å². The molecule has 2 aromatic rings. The molecule has 1 fully saturated rings. The third kappa shape index (κ3) is 4.55. The number of likely N-dealkylation sites (tertiary alicyclic amines) is 1. The molecule has 1 unspecified atom stereocenters. The van der Waals surface area contributed by atoms with Crippen LogP contribution in [-0.2, 0) is 11.2 Å². The quantitative estimate of drug-likeness (QED) is 0.806. The highest BCUT2D eigenvalue weighted by atomic mass is 32.1. The van der Waals surface area contributed by atoms with Crippen LogP contribution >= 0.6 is 11.3 Å². The summed E-state index contributed by atoms with van der Waals surface area (Å²) in [7, 11) is 0. The zero-order chi connectivity index (χ0) is 16.1. The minimum atomic E-state index is -0.256. The van der Waals surface area contributed by atoms with E-state index in [1.54, 1.807) is 23.5 Å². The van der Waals surface area contributed by atoms with Crippen LogP contribution in [0.25, 0.3) is 0 Å². The number of ether oxygens (including phenoxy) is 1. The number of amides is 1. The minimum absolute atomic E-state index is 0.217. The van der Waals surface area contributed by atoms with E-state index in [2.05, 4.69) is 0 Å². The van der Waals surface area contributed by atoms with E-state index in [0.29, 0.717) is 24.7 Å². The molecular formula is C18H20FNO2S. The van der Waals surface area contributed by atoms with Gasteiger partial charge in [0.2, 0.25) is 5.91 Å². The van der Waals surface area contributed by atoms with E-state index in [-0.39, 0.29) is 11.7 Å². The topological polar surface area (TPSA) is 29.5 Å². The van der Waals surface area contributed by atoms with Crippen molar-refractivity contribution in [2.45, 2.75) is 19.3 Å². The monoisotopic (exact) mass is 333 g/mol. The lowest BCUT2D eigenvalue weighted by molar-refractivity contribution is -0.129. The van der Waals surface area contributed by atoms with Crippen LogP contribution in [0.3, 0.4) is 0 Å². The molecule has 0 bridgehead atoms. The van der Waals surface area contributed by atoms with Crippen LogP contribution in [-0.4, -0.2) is 30.5 Å². The fourth-order valence-electron chi connectivity index (χ4n) is 2.84. The first-order valence-corrected chi connectivity index (χ1v) is 8.77. The van der Waals surface area contributed by atoms with Gasteiger partial charge in [0.05, 0.1) is 13.0 Å². The zero-order valence-corrected chi connectivity index (χ0v) is 13.7. The lowest BCUT2D eigenvalue weighted by atomic mass is 10.1. The molecule has 1 aromatic heterocycles. The molecule has 1 aliphatic rings. The maximum Gasteiger partial charge on any atom is 0.227 e. The van der Waals surface area contributed by atoms with Gasteiger partial charge in [-0.1, -0.05) is 6.07 Å². The summed E-state index contributed by atoms with van der Waals surface area (Å²) in [6.45, 7) is 2.26. The SMILES string of the molecule is O=C(Cc1cccs1)N1CCC(CCOc2ccc(F)cc2)C1. The summed E-state index contributed by atoms with van der Waals surface area (Å²) in [6, 6.07) is 10.1. The Morgan fingerprint density at radius 3 is 2.87 bits per heavy atom. The number of rotatable bonds is 6. The Kier molecular flexibility index (Phi) is 5.28. The average Bonchev–Trinajstić information content (AvgIpc) is 3.21. The summed E-state index contributed by atoms with van der Waals surface area (Å²) in [5.74, 6) is 1.14. The van der Waals surface area contributed by atoms with Crippen molar-refractivity contribution in [3.05, 3.63) is 52.5 Å². The number of halogens is 1. The van der Waals surface area contributed by atoms with Crippen molar-refractivity contribution >= 4 is 17.2 Å². The number of hydrogen-bond donors (Lipinski definition) is 0. The van der Waals surface area contributed by atoms with Gasteiger partial charge in [-0.25, -0.2) is 4.39 Å². The first-order valence-electron chi connectivity index (χ1n) is 7.89. The number of carbonyl (C=O) groups is 1. The lowest BCUT2D eigenvalue weighted by Crippen LogP contribution is -2.30. The molecule has 1 amide bonds. The molecule has 0 spiro atoms. The normalized spacial score (nSPS) is 17.4. The number of hydrogen-bond acceptors (Lipinski definition) is 3. The van der Waals surface area contributed by atoms with Crippen LogP contribution in [0.15, 0.2) is 41.8 Å². The van der Waals surface area contributed by atoms with Crippen LogP contribution in [0.5, 0.6) is 5.75 Å². The van der Waals surface area contributed by atoms with Gasteiger partial charge in [0.1, 0.15) is 11.6 Å². The Hall–Kier alpha value is -1.88. The molecule has 0 aliphatic carbocycles. The molecule has 1 aromatic carbocycles. The van der Waals surface area contributed by atoms with E-state index in [0.717, 1.165) is 30.8 Å². The third-order valence-electron chi connectivity index (χ3n) is 4.15. The van der Waals surface area contributed by atoms with Crippen LogP contribution in [0.2, 0.25) is 0 Å². The number of carbonyl (C=O) groups excluding carboxylic acids is 1. The first-order chi connectivity index (χ1) is 11.2. The van der Waals surface area contributed by atoms with Crippen molar-refractivity contribution in [2.75, 3.05) is 19.7 Å². The summed E-state index contributed by atoms with van der Waals surface area (Å²) in [6.07, 6.45) is 2.46. The van der Waals surface area contributed by atoms with Crippen LogP contribution < -0.4 is 4.74 Å². The molecule has 122 valence electrons. The van der Waals surface area contributed by atoms with Crippen molar-refractivity contribution in [1.82, 2.24) is 4.90 Å². The van der Waals surface area contributed by atoms with Gasteiger partial charge in [0.15, 0.2) is 0 Å². The molecule has 0 saturated carbocycles. The zero-order valence-electron chi connectivity index (χ0n) is 12.9. The van der Waals surface area contributed by atoms with Gasteiger partial charge in [-0.2, -0.15) is 0 Å². The Morgan fingerprint density at radius 2 is 2.13 bits per heavy atom. The highest BCUT2D eigenvalue weighted by molar-refractivity contribution is 7.10. The fourth-order valence-corrected chi connectivity index (χ4v) is 3.54. The second-order valence-electron chi connectivity index (χ2n) is 5.84. The molecule has 3 nitrogen and oxygen atoms in total. The summed E-state index contributed by atoms with van der Waals surface area (Å²) < 4.78 is 18.5. The molecule has 0 radical (unpaired) electrons. The first kappa shape index (κ1) is 16.0. The molecular weight excluding hydrogens is 313 g/mol.